The molecule has 0 fully saturated rings. The number of ether oxygens (including phenoxy) is 2. The van der Waals surface area contributed by atoms with Gasteiger partial charge in [-0.05, 0) is 29.3 Å². The maximum absolute atomic E-state index is 12.5. The van der Waals surface area contributed by atoms with Crippen molar-refractivity contribution in [3.8, 4) is 11.5 Å². The van der Waals surface area contributed by atoms with Crippen molar-refractivity contribution in [2.75, 3.05) is 0 Å². The fourth-order valence-corrected chi connectivity index (χ4v) is 3.05. The van der Waals surface area contributed by atoms with Crippen LogP contribution >= 0.6 is 11.6 Å². The van der Waals surface area contributed by atoms with Gasteiger partial charge in [-0.2, -0.15) is 0 Å². The second-order valence-electron chi connectivity index (χ2n) is 6.20. The molecule has 138 valence electrons. The van der Waals surface area contributed by atoms with Crippen LogP contribution in [0.3, 0.4) is 0 Å². The average molecular weight is 391 g/mol. The highest BCUT2D eigenvalue weighted by Crippen LogP contribution is 2.35. The van der Waals surface area contributed by atoms with E-state index in [1.165, 1.54) is 6.07 Å². The van der Waals surface area contributed by atoms with E-state index < -0.39 is 11.3 Å². The first-order valence-electron chi connectivity index (χ1n) is 8.66. The van der Waals surface area contributed by atoms with Gasteiger partial charge in [0.05, 0.1) is 5.56 Å². The summed E-state index contributed by atoms with van der Waals surface area (Å²) in [5, 5.41) is -0.925. The number of carbonyl (C=O) groups excluding carboxylic acids is 2. The van der Waals surface area contributed by atoms with Crippen LogP contribution in [-0.2, 0) is 4.79 Å². The van der Waals surface area contributed by atoms with E-state index in [1.54, 1.807) is 42.5 Å². The first-order valence-corrected chi connectivity index (χ1v) is 9.09. The average Bonchev–Trinajstić information content (AvgIpc) is 3.03. The first-order chi connectivity index (χ1) is 13.6. The van der Waals surface area contributed by atoms with Gasteiger partial charge in [-0.3, -0.25) is 4.79 Å². The number of carbonyl (C=O) groups is 2. The van der Waals surface area contributed by atoms with Gasteiger partial charge in [0.15, 0.2) is 11.1 Å². The molecule has 0 aliphatic carbocycles. The van der Waals surface area contributed by atoms with Gasteiger partial charge in [0, 0.05) is 6.07 Å². The summed E-state index contributed by atoms with van der Waals surface area (Å²) in [4.78, 5) is 24.8. The van der Waals surface area contributed by atoms with Crippen molar-refractivity contribution in [2.24, 2.45) is 0 Å². The molecule has 28 heavy (non-hydrogen) atoms. The lowest BCUT2D eigenvalue weighted by Crippen LogP contribution is -2.14. The highest BCUT2D eigenvalue weighted by molar-refractivity contribution is 6.30. The highest BCUT2D eigenvalue weighted by Gasteiger charge is 2.28. The molecule has 0 spiro atoms. The largest absolute Gasteiger partial charge is 0.452 e. The van der Waals surface area contributed by atoms with Crippen molar-refractivity contribution < 1.29 is 19.1 Å². The fourth-order valence-electron chi connectivity index (χ4n) is 2.86. The number of halogens is 1. The van der Waals surface area contributed by atoms with Crippen LogP contribution in [0.15, 0.2) is 84.6 Å². The van der Waals surface area contributed by atoms with Crippen molar-refractivity contribution in [3.63, 3.8) is 0 Å². The molecule has 0 aromatic heterocycles. The minimum absolute atomic E-state index is 0.212. The molecular formula is C23H15ClO4. The van der Waals surface area contributed by atoms with Crippen LogP contribution in [0, 0.1) is 0 Å². The molecule has 0 bridgehead atoms. The maximum atomic E-state index is 12.5. The monoisotopic (exact) mass is 390 g/mol. The van der Waals surface area contributed by atoms with Crippen molar-refractivity contribution in [2.45, 2.75) is 5.38 Å². The Morgan fingerprint density at radius 3 is 2.36 bits per heavy atom. The number of allylic oxidation sites excluding steroid dienone is 1. The summed E-state index contributed by atoms with van der Waals surface area (Å²) >= 11 is 6.19. The smallest absolute Gasteiger partial charge is 0.334 e. The normalized spacial score (nSPS) is 15.0. The molecule has 1 atom stereocenters. The second-order valence-corrected chi connectivity index (χ2v) is 6.64. The molecule has 4 rings (SSSR count). The number of ketones is 1. The Labute approximate surface area is 167 Å². The molecule has 0 N–H and O–H groups in total. The molecule has 0 saturated heterocycles. The molecule has 3 aromatic carbocycles. The Kier molecular flexibility index (Phi) is 4.96. The minimum atomic E-state index is -0.925. The van der Waals surface area contributed by atoms with E-state index in [1.807, 2.05) is 36.4 Å². The molecule has 5 heteroatoms. The van der Waals surface area contributed by atoms with Gasteiger partial charge >= 0.3 is 5.97 Å². The van der Waals surface area contributed by atoms with Gasteiger partial charge in [-0.15, -0.1) is 11.6 Å². The van der Waals surface area contributed by atoms with Crippen LogP contribution in [0.2, 0.25) is 0 Å². The maximum Gasteiger partial charge on any atom is 0.334 e. The third-order valence-corrected chi connectivity index (χ3v) is 4.69. The van der Waals surface area contributed by atoms with Crippen molar-refractivity contribution >= 4 is 29.4 Å². The third-order valence-electron chi connectivity index (χ3n) is 4.26. The van der Waals surface area contributed by atoms with Crippen LogP contribution in [0.5, 0.6) is 11.5 Å². The van der Waals surface area contributed by atoms with Crippen molar-refractivity contribution in [1.82, 2.24) is 0 Å². The summed E-state index contributed by atoms with van der Waals surface area (Å²) in [6.45, 7) is 0. The Balaban J connectivity index is 1.52. The summed E-state index contributed by atoms with van der Waals surface area (Å²) in [6, 6.07) is 23.0. The van der Waals surface area contributed by atoms with Crippen molar-refractivity contribution in [1.29, 1.82) is 0 Å². The topological polar surface area (TPSA) is 52.6 Å². The number of alkyl halides is 1. The van der Waals surface area contributed by atoms with E-state index in [4.69, 9.17) is 21.1 Å². The van der Waals surface area contributed by atoms with E-state index in [2.05, 4.69) is 0 Å². The van der Waals surface area contributed by atoms with Gasteiger partial charge in [0.2, 0.25) is 5.78 Å². The molecular weight excluding hydrogens is 376 g/mol. The quantitative estimate of drug-likeness (QED) is 0.266. The van der Waals surface area contributed by atoms with E-state index >= 15 is 0 Å². The predicted molar refractivity (Wildman–Crippen MR) is 106 cm³/mol. The zero-order valence-corrected chi connectivity index (χ0v) is 15.4. The zero-order chi connectivity index (χ0) is 19.5. The summed E-state index contributed by atoms with van der Waals surface area (Å²) < 4.78 is 11.0. The van der Waals surface area contributed by atoms with Crippen LogP contribution in [0.25, 0.3) is 6.08 Å². The van der Waals surface area contributed by atoms with E-state index in [0.717, 1.165) is 5.56 Å². The number of rotatable bonds is 4. The number of benzene rings is 3. The zero-order valence-electron chi connectivity index (χ0n) is 14.7. The lowest BCUT2D eigenvalue weighted by atomic mass is 10.1. The lowest BCUT2D eigenvalue weighted by molar-refractivity contribution is -0.134. The summed E-state index contributed by atoms with van der Waals surface area (Å²) in [5.74, 6) is 0.0278. The molecule has 0 amide bonds. The number of fused-ring (bicyclic) bond motifs is 1. The molecule has 0 radical (unpaired) electrons. The molecule has 1 aliphatic heterocycles. The molecule has 1 aliphatic rings. The van der Waals surface area contributed by atoms with Gasteiger partial charge in [0.25, 0.3) is 0 Å². The molecule has 3 aromatic rings. The number of Topliss-reactive ketones (excluding diaryl/α,β-unsaturated/α-hetero) is 1. The molecule has 1 heterocycles. The minimum Gasteiger partial charge on any atom is -0.452 e. The van der Waals surface area contributed by atoms with Gasteiger partial charge in [-0.1, -0.05) is 60.7 Å². The number of esters is 1. The van der Waals surface area contributed by atoms with Crippen molar-refractivity contribution in [3.05, 3.63) is 101 Å². The van der Waals surface area contributed by atoms with Gasteiger partial charge in [-0.25, -0.2) is 4.79 Å². The lowest BCUT2D eigenvalue weighted by Gasteiger charge is -2.10. The predicted octanol–water partition coefficient (Wildman–Crippen LogP) is 5.19. The molecule has 4 nitrogen and oxygen atoms in total. The van der Waals surface area contributed by atoms with Gasteiger partial charge < -0.3 is 9.47 Å². The Bertz CT molecular complexity index is 1060. The van der Waals surface area contributed by atoms with E-state index in [-0.39, 0.29) is 17.3 Å². The standard InChI is InChI=1S/C23H15ClO4/c24-21(16-9-5-2-6-10-16)23(26)27-17-11-12-18-19(14-17)28-20(22(18)25)13-15-7-3-1-4-8-15/h1-14,21H/b20-13-. The van der Waals surface area contributed by atoms with Crippen LogP contribution < -0.4 is 9.47 Å². The molecule has 1 unspecified atom stereocenters. The summed E-state index contributed by atoms with van der Waals surface area (Å²) in [6.07, 6.45) is 1.68. The SMILES string of the molecule is O=C1/C(=C/c2ccccc2)Oc2cc(OC(=O)C(Cl)c3ccccc3)ccc21. The van der Waals surface area contributed by atoms with Crippen LogP contribution in [0.1, 0.15) is 26.9 Å². The van der Waals surface area contributed by atoms with Crippen LogP contribution in [-0.4, -0.2) is 11.8 Å². The summed E-state index contributed by atoms with van der Waals surface area (Å²) in [7, 11) is 0. The molecule has 0 saturated carbocycles. The first kappa shape index (κ1) is 18.0. The van der Waals surface area contributed by atoms with E-state index in [0.29, 0.717) is 16.9 Å². The van der Waals surface area contributed by atoms with Gasteiger partial charge in [0.1, 0.15) is 11.5 Å². The Morgan fingerprint density at radius 2 is 1.64 bits per heavy atom. The summed E-state index contributed by atoms with van der Waals surface area (Å²) in [5.41, 5.74) is 1.93. The Hall–Kier alpha value is -3.37. The number of hydrogen-bond donors (Lipinski definition) is 0. The third kappa shape index (κ3) is 3.68. The highest BCUT2D eigenvalue weighted by atomic mass is 35.5. The van der Waals surface area contributed by atoms with Crippen LogP contribution in [0.4, 0.5) is 0 Å². The Morgan fingerprint density at radius 1 is 0.964 bits per heavy atom. The van der Waals surface area contributed by atoms with E-state index in [9.17, 15) is 9.59 Å². The number of hydrogen-bond acceptors (Lipinski definition) is 4. The fraction of sp³-hybridized carbons (Fsp3) is 0.0435. The second kappa shape index (κ2) is 7.71.